The van der Waals surface area contributed by atoms with Gasteiger partial charge in [0.05, 0.1) is 5.92 Å². The summed E-state index contributed by atoms with van der Waals surface area (Å²) < 4.78 is 11.3. The van der Waals surface area contributed by atoms with E-state index in [9.17, 15) is 28.8 Å². The number of nitrogens with zero attached hydrogens (tertiary/aromatic N) is 6. The van der Waals surface area contributed by atoms with Crippen LogP contribution in [0.2, 0.25) is 0 Å². The summed E-state index contributed by atoms with van der Waals surface area (Å²) in [4.78, 5) is 87.5. The summed E-state index contributed by atoms with van der Waals surface area (Å²) in [7, 11) is 0. The monoisotopic (exact) mass is 677 g/mol. The molecule has 2 atom stereocenters. The molecule has 270 valence electrons. The molecule has 0 aromatic heterocycles. The number of β-lactam (4-membered cyclic amide) rings is 1. The Bertz CT molecular complexity index is 1200. The molecule has 0 aromatic carbocycles. The van der Waals surface area contributed by atoms with Crippen LogP contribution in [0.15, 0.2) is 0 Å². The predicted octanol–water partition coefficient (Wildman–Crippen LogP) is 2.63. The molecule has 8 amide bonds. The van der Waals surface area contributed by atoms with Gasteiger partial charge in [-0.2, -0.15) is 0 Å². The largest absolute Gasteiger partial charge is 0.446 e. The van der Waals surface area contributed by atoms with Gasteiger partial charge in [-0.1, -0.05) is 27.7 Å². The topological polar surface area (TPSA) is 166 Å². The van der Waals surface area contributed by atoms with Crippen molar-refractivity contribution in [2.45, 2.75) is 85.5 Å². The minimum atomic E-state index is -0.963. The number of rotatable bonds is 6. The first-order valence-corrected chi connectivity index (χ1v) is 17.4. The number of imide groups is 1. The highest BCUT2D eigenvalue weighted by atomic mass is 16.6. The second-order valence-corrected chi connectivity index (χ2v) is 15.1. The summed E-state index contributed by atoms with van der Waals surface area (Å²) in [6, 6.07) is -2.06. The average molecular weight is 678 g/mol. The zero-order chi connectivity index (χ0) is 35.5. The molecule has 0 aliphatic carbocycles. The maximum Gasteiger partial charge on any atom is 0.410 e. The first kappa shape index (κ1) is 37.0. The van der Waals surface area contributed by atoms with E-state index in [2.05, 4.69) is 0 Å². The van der Waals surface area contributed by atoms with Crippen molar-refractivity contribution >= 4 is 36.1 Å². The smallest absolute Gasteiger partial charge is 0.410 e. The van der Waals surface area contributed by atoms with Crippen molar-refractivity contribution < 1.29 is 38.2 Å². The molecule has 0 spiro atoms. The number of amides is 8. The lowest BCUT2D eigenvalue weighted by Gasteiger charge is -2.50. The third kappa shape index (κ3) is 8.62. The van der Waals surface area contributed by atoms with E-state index in [0.717, 1.165) is 4.90 Å². The van der Waals surface area contributed by atoms with Gasteiger partial charge < -0.3 is 39.7 Å². The second-order valence-electron chi connectivity index (χ2n) is 15.1. The van der Waals surface area contributed by atoms with E-state index < -0.39 is 35.7 Å². The quantitative estimate of drug-likeness (QED) is 0.419. The molecule has 4 fully saturated rings. The molecule has 15 nitrogen and oxygen atoms in total. The predicted molar refractivity (Wildman–Crippen MR) is 175 cm³/mol. The van der Waals surface area contributed by atoms with Gasteiger partial charge >= 0.3 is 24.2 Å². The van der Waals surface area contributed by atoms with E-state index >= 15 is 0 Å². The number of likely N-dealkylation sites (tertiary alicyclic amines) is 2. The van der Waals surface area contributed by atoms with Crippen molar-refractivity contribution in [3.63, 3.8) is 0 Å². The summed E-state index contributed by atoms with van der Waals surface area (Å²) >= 11 is 0. The minimum Gasteiger partial charge on any atom is -0.446 e. The van der Waals surface area contributed by atoms with Crippen LogP contribution < -0.4 is 5.73 Å². The van der Waals surface area contributed by atoms with Gasteiger partial charge in [0, 0.05) is 65.4 Å². The van der Waals surface area contributed by atoms with Crippen LogP contribution in [0.1, 0.15) is 67.7 Å². The Morgan fingerprint density at radius 2 is 1.21 bits per heavy atom. The number of piperazine rings is 2. The number of piperidine rings is 1. The van der Waals surface area contributed by atoms with Gasteiger partial charge in [-0.25, -0.2) is 19.2 Å². The van der Waals surface area contributed by atoms with Crippen LogP contribution in [0.3, 0.4) is 0 Å². The van der Waals surface area contributed by atoms with Crippen LogP contribution in [0.4, 0.5) is 19.2 Å². The van der Waals surface area contributed by atoms with Gasteiger partial charge in [-0.3, -0.25) is 14.5 Å². The number of ether oxygens (including phenoxy) is 2. The summed E-state index contributed by atoms with van der Waals surface area (Å²) in [6.45, 7) is 16.4. The highest BCUT2D eigenvalue weighted by Gasteiger charge is 2.57. The Labute approximate surface area is 283 Å². The number of hydrogen-bond donors (Lipinski definition) is 1. The zero-order valence-corrected chi connectivity index (χ0v) is 29.7. The molecule has 0 bridgehead atoms. The fraction of sp³-hybridized carbons (Fsp3) is 0.818. The van der Waals surface area contributed by atoms with Crippen LogP contribution in [-0.4, -0.2) is 149 Å². The van der Waals surface area contributed by atoms with E-state index in [0.29, 0.717) is 32.4 Å². The maximum absolute atomic E-state index is 14.0. The van der Waals surface area contributed by atoms with Gasteiger partial charge in [0.15, 0.2) is 0 Å². The molecule has 4 saturated heterocycles. The lowest BCUT2D eigenvalue weighted by molar-refractivity contribution is -0.165. The summed E-state index contributed by atoms with van der Waals surface area (Å²) in [5.74, 6) is -0.969. The summed E-state index contributed by atoms with van der Waals surface area (Å²) in [5, 5.41) is 0. The molecule has 4 rings (SSSR count). The molecule has 48 heavy (non-hydrogen) atoms. The molecule has 15 heteroatoms. The SMILES string of the molecule is CC(C)C(OC(=O)N1CCN(C(=O)N2C(=O)[C@H](CC3CCN(C(=O)OC(C)(C)C)CC3)[C@H]2C(=O)N2CCN(C(N)=O)CC2)CC1)C(C)C. The highest BCUT2D eigenvalue weighted by molar-refractivity contribution is 6.09. The van der Waals surface area contributed by atoms with Crippen molar-refractivity contribution in [3.8, 4) is 0 Å². The van der Waals surface area contributed by atoms with Gasteiger partial charge in [-0.05, 0) is 57.8 Å². The zero-order valence-electron chi connectivity index (χ0n) is 29.7. The number of nitrogens with two attached hydrogens (primary N) is 1. The number of carbonyl (C=O) groups is 6. The number of urea groups is 2. The van der Waals surface area contributed by atoms with E-state index in [-0.39, 0.29) is 94.1 Å². The van der Waals surface area contributed by atoms with Crippen molar-refractivity contribution in [2.75, 3.05) is 65.4 Å². The average Bonchev–Trinajstić information content (AvgIpc) is 3.03. The second kappa shape index (κ2) is 15.2. The Hall–Kier alpha value is -3.78. The van der Waals surface area contributed by atoms with Crippen molar-refractivity contribution in [2.24, 2.45) is 29.4 Å². The van der Waals surface area contributed by atoms with Gasteiger partial charge in [0.1, 0.15) is 17.7 Å². The summed E-state index contributed by atoms with van der Waals surface area (Å²) in [6.07, 6.45) is 0.719. The third-order valence-corrected chi connectivity index (χ3v) is 9.79. The number of hydrogen-bond acceptors (Lipinski definition) is 8. The lowest BCUT2D eigenvalue weighted by Crippen LogP contribution is -2.72. The molecule has 4 heterocycles. The van der Waals surface area contributed by atoms with Gasteiger partial charge in [-0.15, -0.1) is 0 Å². The number of primary amides is 1. The van der Waals surface area contributed by atoms with Crippen LogP contribution in [0.25, 0.3) is 0 Å². The molecule has 0 radical (unpaired) electrons. The first-order valence-electron chi connectivity index (χ1n) is 17.4. The molecule has 2 N–H and O–H groups in total. The third-order valence-electron chi connectivity index (χ3n) is 9.79. The molecule has 4 aliphatic heterocycles. The molecular formula is C33H55N7O8. The van der Waals surface area contributed by atoms with Crippen LogP contribution in [-0.2, 0) is 19.1 Å². The van der Waals surface area contributed by atoms with Crippen molar-refractivity contribution in [1.29, 1.82) is 0 Å². The molecule has 4 aliphatic rings. The fourth-order valence-electron chi connectivity index (χ4n) is 7.11. The maximum atomic E-state index is 14.0. The van der Waals surface area contributed by atoms with Gasteiger partial charge in [0.25, 0.3) is 0 Å². The molecule has 0 unspecified atom stereocenters. The van der Waals surface area contributed by atoms with Crippen molar-refractivity contribution in [1.82, 2.24) is 29.4 Å². The molecular weight excluding hydrogens is 622 g/mol. The van der Waals surface area contributed by atoms with E-state index in [1.54, 1.807) is 14.7 Å². The Morgan fingerprint density at radius 1 is 0.729 bits per heavy atom. The molecule has 0 saturated carbocycles. The van der Waals surface area contributed by atoms with Crippen LogP contribution >= 0.6 is 0 Å². The van der Waals surface area contributed by atoms with E-state index in [1.165, 1.54) is 9.80 Å². The van der Waals surface area contributed by atoms with Gasteiger partial charge in [0.2, 0.25) is 11.8 Å². The first-order chi connectivity index (χ1) is 22.5. The molecule has 0 aromatic rings. The minimum absolute atomic E-state index is 0.0898. The Kier molecular flexibility index (Phi) is 11.7. The van der Waals surface area contributed by atoms with Crippen molar-refractivity contribution in [3.05, 3.63) is 0 Å². The Morgan fingerprint density at radius 3 is 1.71 bits per heavy atom. The standard InChI is InChI=1S/C33H55N7O8/c1-21(2)26(22(3)4)47-31(45)39-18-16-37(17-19-39)30(44)40-25(28(42)35-12-14-36(15-13-35)29(34)43)24(27(40)41)20-23-8-10-38(11-9-23)32(46)48-33(5,6)7/h21-26H,8-20H2,1-7H3,(H2,34,43)/t24-,25+/m1/s1. The van der Waals surface area contributed by atoms with E-state index in [4.69, 9.17) is 15.2 Å². The van der Waals surface area contributed by atoms with E-state index in [1.807, 2.05) is 48.5 Å². The summed E-state index contributed by atoms with van der Waals surface area (Å²) in [5.41, 5.74) is 4.83. The number of carbonyl (C=O) groups excluding carboxylic acids is 6. The van der Waals surface area contributed by atoms with Crippen LogP contribution in [0.5, 0.6) is 0 Å². The normalized spacial score (nSPS) is 22.8. The van der Waals surface area contributed by atoms with Crippen LogP contribution in [0, 0.1) is 23.7 Å². The lowest BCUT2D eigenvalue weighted by atomic mass is 9.77. The Balaban J connectivity index is 1.40. The highest BCUT2D eigenvalue weighted by Crippen LogP contribution is 2.38. The fourth-order valence-corrected chi connectivity index (χ4v) is 7.11.